The minimum absolute atomic E-state index is 0.596. The van der Waals surface area contributed by atoms with Gasteiger partial charge in [0, 0.05) is 33.8 Å². The fourth-order valence-electron chi connectivity index (χ4n) is 8.51. The summed E-state index contributed by atoms with van der Waals surface area (Å²) in [5.41, 5.74) is 13.1. The Kier molecular flexibility index (Phi) is 9.15. The van der Waals surface area contributed by atoms with Crippen molar-refractivity contribution in [3.63, 3.8) is 0 Å². The van der Waals surface area contributed by atoms with Gasteiger partial charge in [0.1, 0.15) is 0 Å². The van der Waals surface area contributed by atoms with Crippen LogP contribution in [0.25, 0.3) is 111 Å². The molecule has 0 saturated carbocycles. The first-order valence-electron chi connectivity index (χ1n) is 20.6. The van der Waals surface area contributed by atoms with Crippen molar-refractivity contribution in [3.8, 4) is 84.7 Å². The number of nitriles is 1. The Bertz CT molecular complexity index is 3500. The minimum Gasteiger partial charge on any atom is -0.256 e. The lowest BCUT2D eigenvalue weighted by Gasteiger charge is -2.16. The highest BCUT2D eigenvalue weighted by molar-refractivity contribution is 6.23. The average Bonchev–Trinajstić information content (AvgIpc) is 3.36. The maximum absolute atomic E-state index is 9.27. The van der Waals surface area contributed by atoms with E-state index in [9.17, 15) is 5.26 Å². The van der Waals surface area contributed by atoms with Crippen LogP contribution in [-0.4, -0.2) is 19.9 Å². The number of hydrogen-bond donors (Lipinski definition) is 0. The molecule has 0 aliphatic carbocycles. The van der Waals surface area contributed by atoms with Crippen LogP contribution in [0.15, 0.2) is 212 Å². The van der Waals surface area contributed by atoms with E-state index in [-0.39, 0.29) is 0 Å². The van der Waals surface area contributed by atoms with E-state index >= 15 is 0 Å². The Hall–Kier alpha value is -8.59. The molecule has 0 unspecified atom stereocenters. The predicted molar refractivity (Wildman–Crippen MR) is 253 cm³/mol. The van der Waals surface area contributed by atoms with Crippen LogP contribution in [0.1, 0.15) is 5.56 Å². The van der Waals surface area contributed by atoms with Gasteiger partial charge in [0.15, 0.2) is 17.5 Å². The van der Waals surface area contributed by atoms with Crippen molar-refractivity contribution in [3.05, 3.63) is 218 Å². The Balaban J connectivity index is 1.04. The molecule has 11 rings (SSSR count). The molecule has 62 heavy (non-hydrogen) atoms. The van der Waals surface area contributed by atoms with Gasteiger partial charge in [-0.05, 0) is 103 Å². The smallest absolute Gasteiger partial charge is 0.164 e. The summed E-state index contributed by atoms with van der Waals surface area (Å²) in [6.45, 7) is 0. The molecule has 9 aromatic carbocycles. The Morgan fingerprint density at radius 2 is 0.774 bits per heavy atom. The van der Waals surface area contributed by atoms with Gasteiger partial charge in [-0.25, -0.2) is 15.0 Å². The summed E-state index contributed by atoms with van der Waals surface area (Å²) in [4.78, 5) is 20.3. The van der Waals surface area contributed by atoms with Crippen LogP contribution in [0.5, 0.6) is 0 Å². The van der Waals surface area contributed by atoms with Crippen molar-refractivity contribution in [2.24, 2.45) is 0 Å². The summed E-state index contributed by atoms with van der Waals surface area (Å²) in [6, 6.07) is 73.4. The quantitative estimate of drug-likeness (QED) is 0.150. The Morgan fingerprint density at radius 3 is 1.45 bits per heavy atom. The van der Waals surface area contributed by atoms with Crippen molar-refractivity contribution in [2.45, 2.75) is 0 Å². The molecule has 0 aliphatic heterocycles. The number of nitrogens with zero attached hydrogens (tertiary/aromatic N) is 5. The SMILES string of the molecule is N#Cc1ccc(-c2ccc(-c3cc4c5cccnc5c(-c5cccc(-c6nc(-c7ccccc7)nc(-c7cccc(-c8ccccc8)c7)n6)c5)cc4c4ccccc34)cc2)cc1. The fourth-order valence-corrected chi connectivity index (χ4v) is 8.51. The molecule has 0 bridgehead atoms. The van der Waals surface area contributed by atoms with Crippen LogP contribution < -0.4 is 0 Å². The molecule has 5 nitrogen and oxygen atoms in total. The number of pyridine rings is 1. The molecule has 11 aromatic rings. The third-order valence-corrected chi connectivity index (χ3v) is 11.6. The first-order valence-corrected chi connectivity index (χ1v) is 20.6. The predicted octanol–water partition coefficient (Wildman–Crippen LogP) is 14.3. The van der Waals surface area contributed by atoms with Gasteiger partial charge in [-0.15, -0.1) is 0 Å². The number of benzene rings is 9. The largest absolute Gasteiger partial charge is 0.256 e. The van der Waals surface area contributed by atoms with Crippen LogP contribution in [0, 0.1) is 11.3 Å². The highest BCUT2D eigenvalue weighted by Crippen LogP contribution is 2.42. The lowest BCUT2D eigenvalue weighted by molar-refractivity contribution is 1.07. The summed E-state index contributed by atoms with van der Waals surface area (Å²) in [7, 11) is 0. The van der Waals surface area contributed by atoms with Crippen LogP contribution in [-0.2, 0) is 0 Å². The van der Waals surface area contributed by atoms with Gasteiger partial charge in [-0.2, -0.15) is 5.26 Å². The number of rotatable bonds is 7. The summed E-state index contributed by atoms with van der Waals surface area (Å²) in [5.74, 6) is 1.82. The maximum Gasteiger partial charge on any atom is 0.164 e. The number of hydrogen-bond acceptors (Lipinski definition) is 5. The molecule has 0 aliphatic rings. The summed E-state index contributed by atoms with van der Waals surface area (Å²) < 4.78 is 0. The molecule has 2 heterocycles. The van der Waals surface area contributed by atoms with Crippen LogP contribution >= 0.6 is 0 Å². The fraction of sp³-hybridized carbons (Fsp3) is 0. The monoisotopic (exact) mass is 789 g/mol. The van der Waals surface area contributed by atoms with Gasteiger partial charge in [-0.1, -0.05) is 164 Å². The molecule has 5 heteroatoms. The highest BCUT2D eigenvalue weighted by Gasteiger charge is 2.18. The van der Waals surface area contributed by atoms with E-state index in [0.29, 0.717) is 23.0 Å². The van der Waals surface area contributed by atoms with Gasteiger partial charge >= 0.3 is 0 Å². The summed E-state index contributed by atoms with van der Waals surface area (Å²) in [6.07, 6.45) is 1.87. The molecule has 0 fully saturated rings. The van der Waals surface area contributed by atoms with E-state index in [4.69, 9.17) is 19.9 Å². The summed E-state index contributed by atoms with van der Waals surface area (Å²) in [5, 5.41) is 15.0. The van der Waals surface area contributed by atoms with Gasteiger partial charge in [0.25, 0.3) is 0 Å². The third-order valence-electron chi connectivity index (χ3n) is 11.6. The van der Waals surface area contributed by atoms with E-state index in [1.807, 2.05) is 72.9 Å². The van der Waals surface area contributed by atoms with Crippen LogP contribution in [0.4, 0.5) is 0 Å². The van der Waals surface area contributed by atoms with Crippen molar-refractivity contribution < 1.29 is 0 Å². The molecule has 0 atom stereocenters. The number of aromatic nitrogens is 4. The summed E-state index contributed by atoms with van der Waals surface area (Å²) >= 11 is 0. The van der Waals surface area contributed by atoms with Crippen molar-refractivity contribution in [2.75, 3.05) is 0 Å². The molecular formula is C57H35N5. The molecule has 0 amide bonds. The molecule has 0 saturated heterocycles. The van der Waals surface area contributed by atoms with E-state index in [2.05, 4.69) is 146 Å². The van der Waals surface area contributed by atoms with E-state index in [1.54, 1.807) is 0 Å². The normalized spacial score (nSPS) is 11.2. The van der Waals surface area contributed by atoms with Crippen molar-refractivity contribution >= 4 is 32.4 Å². The molecule has 2 aromatic heterocycles. The van der Waals surface area contributed by atoms with Gasteiger partial charge < -0.3 is 0 Å². The lowest BCUT2D eigenvalue weighted by atomic mass is 9.88. The van der Waals surface area contributed by atoms with Gasteiger partial charge in [0.2, 0.25) is 0 Å². The first-order chi connectivity index (χ1) is 30.7. The zero-order valence-electron chi connectivity index (χ0n) is 33.4. The van der Waals surface area contributed by atoms with E-state index in [1.165, 1.54) is 10.8 Å². The minimum atomic E-state index is 0.596. The van der Waals surface area contributed by atoms with E-state index in [0.717, 1.165) is 82.9 Å². The zero-order valence-corrected chi connectivity index (χ0v) is 33.4. The van der Waals surface area contributed by atoms with Crippen molar-refractivity contribution in [1.82, 2.24) is 19.9 Å². The molecule has 0 spiro atoms. The zero-order chi connectivity index (χ0) is 41.4. The average molecular weight is 790 g/mol. The molecule has 0 radical (unpaired) electrons. The molecule has 288 valence electrons. The highest BCUT2D eigenvalue weighted by atomic mass is 15.0. The second kappa shape index (κ2) is 15.5. The van der Waals surface area contributed by atoms with E-state index < -0.39 is 0 Å². The first kappa shape index (κ1) is 36.5. The standard InChI is InChI=1S/C57H35N5/c58-36-37-23-25-39(26-24-37)40-27-29-41(30-28-40)50-34-53-49-22-11-31-59-54(49)51(35-52(53)48-21-8-7-20-47(48)50)44-17-10-19-46(33-44)57-61-55(42-14-5-2-6-15-42)60-56(62-57)45-18-9-16-43(32-45)38-12-3-1-4-13-38/h1-35H. The van der Waals surface area contributed by atoms with Gasteiger partial charge in [-0.3, -0.25) is 4.98 Å². The maximum atomic E-state index is 9.27. The topological polar surface area (TPSA) is 75.3 Å². The van der Waals surface area contributed by atoms with Crippen LogP contribution in [0.2, 0.25) is 0 Å². The molecular weight excluding hydrogens is 755 g/mol. The lowest BCUT2D eigenvalue weighted by Crippen LogP contribution is -2.00. The van der Waals surface area contributed by atoms with Crippen molar-refractivity contribution in [1.29, 1.82) is 5.26 Å². The second-order valence-electron chi connectivity index (χ2n) is 15.4. The Morgan fingerprint density at radius 1 is 0.306 bits per heavy atom. The third kappa shape index (κ3) is 6.72. The van der Waals surface area contributed by atoms with Crippen LogP contribution in [0.3, 0.4) is 0 Å². The van der Waals surface area contributed by atoms with Gasteiger partial charge in [0.05, 0.1) is 17.1 Å². The molecule has 0 N–H and O–H groups in total. The second-order valence-corrected chi connectivity index (χ2v) is 15.4. The Labute approximate surface area is 359 Å². The number of fused-ring (bicyclic) bond motifs is 5.